The van der Waals surface area contributed by atoms with Gasteiger partial charge < -0.3 is 25.6 Å². The monoisotopic (exact) mass is 376 g/mol. The van der Waals surface area contributed by atoms with Gasteiger partial charge in [-0.3, -0.25) is 0 Å². The van der Waals surface area contributed by atoms with Crippen LogP contribution in [0.1, 0.15) is 5.56 Å². The molecule has 8 nitrogen and oxygen atoms in total. The van der Waals surface area contributed by atoms with Crippen LogP contribution in [-0.4, -0.2) is 22.7 Å². The summed E-state index contributed by atoms with van der Waals surface area (Å²) in [6.45, 7) is -0.416. The minimum atomic E-state index is -1.05. The van der Waals surface area contributed by atoms with Gasteiger partial charge in [0.15, 0.2) is 6.61 Å². The third-order valence-corrected chi connectivity index (χ3v) is 3.58. The van der Waals surface area contributed by atoms with Gasteiger partial charge in [0, 0.05) is 11.8 Å². The molecule has 8 heteroatoms. The maximum absolute atomic E-state index is 10.5. The topological polar surface area (TPSA) is 130 Å². The second-order valence-corrected chi connectivity index (χ2v) is 5.64. The van der Waals surface area contributed by atoms with Crippen LogP contribution < -0.4 is 20.5 Å². The molecule has 0 saturated heterocycles. The summed E-state index contributed by atoms with van der Waals surface area (Å²) >= 11 is 0. The van der Waals surface area contributed by atoms with Gasteiger partial charge >= 0.3 is 5.97 Å². The van der Waals surface area contributed by atoms with Crippen molar-refractivity contribution in [2.24, 2.45) is 0 Å². The Bertz CT molecular complexity index is 1010. The van der Waals surface area contributed by atoms with E-state index >= 15 is 0 Å². The molecule has 140 valence electrons. The number of ether oxygens (including phenoxy) is 2. The van der Waals surface area contributed by atoms with Crippen molar-refractivity contribution >= 4 is 23.2 Å². The van der Waals surface area contributed by atoms with Gasteiger partial charge in [-0.1, -0.05) is 18.2 Å². The number of nitriles is 1. The van der Waals surface area contributed by atoms with Crippen LogP contribution in [0.15, 0.2) is 60.7 Å². The molecule has 0 aliphatic heterocycles. The highest BCUT2D eigenvalue weighted by Crippen LogP contribution is 2.30. The number of nitrogens with one attached hydrogen (secondary N) is 1. The maximum Gasteiger partial charge on any atom is 0.341 e. The summed E-state index contributed by atoms with van der Waals surface area (Å²) in [4.78, 5) is 14.9. The van der Waals surface area contributed by atoms with E-state index in [-0.39, 0.29) is 17.1 Å². The Morgan fingerprint density at radius 2 is 1.86 bits per heavy atom. The van der Waals surface area contributed by atoms with Gasteiger partial charge in [0.1, 0.15) is 28.9 Å². The molecule has 0 saturated carbocycles. The molecular formula is C20H16N4O4. The maximum atomic E-state index is 10.5. The Kier molecular flexibility index (Phi) is 5.58. The number of aromatic nitrogens is 1. The van der Waals surface area contributed by atoms with Crippen molar-refractivity contribution in [3.05, 3.63) is 66.2 Å². The SMILES string of the molecule is N#Cc1c(N)cc(Nc2ccc(OCC(=O)O)cc2)nc1Oc1ccccc1. The van der Waals surface area contributed by atoms with E-state index in [1.54, 1.807) is 48.5 Å². The lowest BCUT2D eigenvalue weighted by atomic mass is 10.2. The minimum Gasteiger partial charge on any atom is -0.482 e. The Morgan fingerprint density at radius 1 is 1.14 bits per heavy atom. The Labute approximate surface area is 160 Å². The molecule has 2 aromatic carbocycles. The van der Waals surface area contributed by atoms with Crippen molar-refractivity contribution in [2.75, 3.05) is 17.7 Å². The molecule has 1 heterocycles. The normalized spacial score (nSPS) is 9.96. The molecule has 0 unspecified atom stereocenters. The first-order valence-electron chi connectivity index (χ1n) is 8.20. The lowest BCUT2D eigenvalue weighted by molar-refractivity contribution is -0.139. The van der Waals surface area contributed by atoms with Crippen LogP contribution in [0.5, 0.6) is 17.4 Å². The minimum absolute atomic E-state index is 0.0950. The Morgan fingerprint density at radius 3 is 2.50 bits per heavy atom. The van der Waals surface area contributed by atoms with Crippen LogP contribution in [0.25, 0.3) is 0 Å². The predicted octanol–water partition coefficient (Wildman–Crippen LogP) is 3.53. The standard InChI is InChI=1S/C20H16N4O4/c21-11-16-17(22)10-18(24-20(16)28-15-4-2-1-3-5-15)23-13-6-8-14(9-7-13)27-12-19(25)26/h1-10H,12H2,(H,25,26)(H3,22,23,24). The van der Waals surface area contributed by atoms with Gasteiger partial charge in [-0.25, -0.2) is 4.79 Å². The van der Waals surface area contributed by atoms with E-state index in [1.807, 2.05) is 12.1 Å². The summed E-state index contributed by atoms with van der Waals surface area (Å²) in [5.74, 6) is 0.390. The molecule has 4 N–H and O–H groups in total. The van der Waals surface area contributed by atoms with Gasteiger partial charge in [-0.05, 0) is 36.4 Å². The highest BCUT2D eigenvalue weighted by atomic mass is 16.5. The average molecular weight is 376 g/mol. The number of rotatable bonds is 7. The molecule has 0 fully saturated rings. The van der Waals surface area contributed by atoms with Gasteiger partial charge in [0.2, 0.25) is 5.88 Å². The number of nitrogens with two attached hydrogens (primary N) is 1. The number of hydrogen-bond donors (Lipinski definition) is 3. The average Bonchev–Trinajstić information content (AvgIpc) is 2.68. The van der Waals surface area contributed by atoms with Crippen molar-refractivity contribution in [2.45, 2.75) is 0 Å². The fourth-order valence-corrected chi connectivity index (χ4v) is 2.32. The molecule has 0 aliphatic carbocycles. The lowest BCUT2D eigenvalue weighted by Crippen LogP contribution is -2.09. The number of benzene rings is 2. The number of para-hydroxylation sites is 1. The fraction of sp³-hybridized carbons (Fsp3) is 0.0500. The predicted molar refractivity (Wildman–Crippen MR) is 103 cm³/mol. The molecule has 0 bridgehead atoms. The van der Waals surface area contributed by atoms with Crippen molar-refractivity contribution in [3.8, 4) is 23.4 Å². The quantitative estimate of drug-likeness (QED) is 0.571. The van der Waals surface area contributed by atoms with E-state index in [4.69, 9.17) is 20.3 Å². The van der Waals surface area contributed by atoms with Gasteiger partial charge in [0.05, 0.1) is 5.69 Å². The molecule has 0 atom stereocenters. The second-order valence-electron chi connectivity index (χ2n) is 5.64. The molecule has 28 heavy (non-hydrogen) atoms. The van der Waals surface area contributed by atoms with Crippen LogP contribution in [0, 0.1) is 11.3 Å². The van der Waals surface area contributed by atoms with Gasteiger partial charge in [-0.15, -0.1) is 0 Å². The summed E-state index contributed by atoms with van der Waals surface area (Å²) in [5, 5.41) is 21.0. The van der Waals surface area contributed by atoms with Crippen molar-refractivity contribution in [1.29, 1.82) is 5.26 Å². The molecule has 0 aliphatic rings. The first-order valence-corrected chi connectivity index (χ1v) is 8.20. The molecule has 0 radical (unpaired) electrons. The van der Waals surface area contributed by atoms with Crippen LogP contribution in [0.3, 0.4) is 0 Å². The largest absolute Gasteiger partial charge is 0.482 e. The zero-order valence-electron chi connectivity index (χ0n) is 14.6. The molecule has 3 aromatic rings. The van der Waals surface area contributed by atoms with Crippen LogP contribution in [0.4, 0.5) is 17.2 Å². The van der Waals surface area contributed by atoms with E-state index in [0.717, 1.165) is 0 Å². The van der Waals surface area contributed by atoms with Crippen LogP contribution in [-0.2, 0) is 4.79 Å². The van der Waals surface area contributed by atoms with Crippen molar-refractivity contribution in [3.63, 3.8) is 0 Å². The van der Waals surface area contributed by atoms with E-state index in [2.05, 4.69) is 10.3 Å². The molecule has 0 spiro atoms. The number of carbonyl (C=O) groups is 1. The highest BCUT2D eigenvalue weighted by molar-refractivity contribution is 5.69. The number of carboxylic acids is 1. The van der Waals surface area contributed by atoms with Crippen LogP contribution in [0.2, 0.25) is 0 Å². The summed E-state index contributed by atoms with van der Waals surface area (Å²) in [6, 6.07) is 19.1. The van der Waals surface area contributed by atoms with Crippen LogP contribution >= 0.6 is 0 Å². The van der Waals surface area contributed by atoms with E-state index < -0.39 is 12.6 Å². The first-order chi connectivity index (χ1) is 13.5. The van der Waals surface area contributed by atoms with E-state index in [0.29, 0.717) is 23.0 Å². The fourth-order valence-electron chi connectivity index (χ4n) is 2.32. The third-order valence-electron chi connectivity index (χ3n) is 3.58. The first kappa shape index (κ1) is 18.5. The van der Waals surface area contributed by atoms with Gasteiger partial charge in [-0.2, -0.15) is 10.2 Å². The number of hydrogen-bond acceptors (Lipinski definition) is 7. The Balaban J connectivity index is 1.80. The number of nitrogens with zero attached hydrogens (tertiary/aromatic N) is 2. The van der Waals surface area contributed by atoms with Crippen molar-refractivity contribution < 1.29 is 19.4 Å². The lowest BCUT2D eigenvalue weighted by Gasteiger charge is -2.12. The molecule has 0 amide bonds. The summed E-state index contributed by atoms with van der Waals surface area (Å²) in [5.41, 5.74) is 7.02. The summed E-state index contributed by atoms with van der Waals surface area (Å²) in [6.07, 6.45) is 0. The summed E-state index contributed by atoms with van der Waals surface area (Å²) in [7, 11) is 0. The van der Waals surface area contributed by atoms with Gasteiger partial charge in [0.25, 0.3) is 0 Å². The number of carboxylic acid groups (broad SMARTS) is 1. The number of pyridine rings is 1. The zero-order valence-corrected chi connectivity index (χ0v) is 14.6. The zero-order chi connectivity index (χ0) is 19.9. The molecule has 1 aromatic heterocycles. The van der Waals surface area contributed by atoms with Crippen molar-refractivity contribution in [1.82, 2.24) is 4.98 Å². The summed E-state index contributed by atoms with van der Waals surface area (Å²) < 4.78 is 10.8. The Hall–Kier alpha value is -4.25. The molecular weight excluding hydrogens is 360 g/mol. The number of aliphatic carboxylic acids is 1. The van der Waals surface area contributed by atoms with E-state index in [9.17, 15) is 10.1 Å². The highest BCUT2D eigenvalue weighted by Gasteiger charge is 2.13. The smallest absolute Gasteiger partial charge is 0.341 e. The number of anilines is 3. The third kappa shape index (κ3) is 4.68. The molecule has 3 rings (SSSR count). The number of nitrogen functional groups attached to an aromatic ring is 1. The van der Waals surface area contributed by atoms with E-state index in [1.165, 1.54) is 6.07 Å². The second kappa shape index (κ2) is 8.42.